The van der Waals surface area contributed by atoms with E-state index >= 15 is 0 Å². The third-order valence-electron chi connectivity index (χ3n) is 3.30. The Labute approximate surface area is 142 Å². The summed E-state index contributed by atoms with van der Waals surface area (Å²) >= 11 is 0. The van der Waals surface area contributed by atoms with Crippen LogP contribution < -0.4 is 14.9 Å². The molecule has 132 valence electrons. The fourth-order valence-electron chi connectivity index (χ4n) is 2.06. The number of para-hydroxylation sites is 1. The standard InChI is InChI=1S/C17H16F2N2O4/c1-10(20-21-13-6-4-3-5-12(13)16(22)23)11-7-8-14(25-17(18)19)15(9-11)24-2/h3-9,17,21H,1-2H3,(H,22,23)/b20-10+. The Kier molecular flexibility index (Phi) is 5.89. The van der Waals surface area contributed by atoms with Gasteiger partial charge in [0, 0.05) is 5.56 Å². The van der Waals surface area contributed by atoms with E-state index in [9.17, 15) is 13.6 Å². The Bertz CT molecular complexity index is 794. The lowest BCUT2D eigenvalue weighted by molar-refractivity contribution is -0.0512. The van der Waals surface area contributed by atoms with Crippen molar-refractivity contribution in [2.24, 2.45) is 5.10 Å². The predicted octanol–water partition coefficient (Wildman–Crippen LogP) is 3.83. The van der Waals surface area contributed by atoms with Crippen LogP contribution in [-0.2, 0) is 0 Å². The first kappa shape index (κ1) is 18.2. The van der Waals surface area contributed by atoms with Gasteiger partial charge in [0.25, 0.3) is 0 Å². The van der Waals surface area contributed by atoms with Crippen molar-refractivity contribution in [2.75, 3.05) is 12.5 Å². The van der Waals surface area contributed by atoms with Crippen LogP contribution in [0.5, 0.6) is 11.5 Å². The van der Waals surface area contributed by atoms with E-state index in [4.69, 9.17) is 9.84 Å². The zero-order valence-electron chi connectivity index (χ0n) is 13.5. The Morgan fingerprint density at radius 2 is 1.92 bits per heavy atom. The summed E-state index contributed by atoms with van der Waals surface area (Å²) in [5.41, 5.74) is 4.20. The zero-order valence-corrected chi connectivity index (χ0v) is 13.5. The monoisotopic (exact) mass is 350 g/mol. The molecule has 0 spiro atoms. The first-order valence-corrected chi connectivity index (χ1v) is 7.18. The van der Waals surface area contributed by atoms with Crippen molar-refractivity contribution in [1.82, 2.24) is 0 Å². The van der Waals surface area contributed by atoms with Gasteiger partial charge in [0.05, 0.1) is 24.1 Å². The minimum absolute atomic E-state index is 0.0808. The fraction of sp³-hybridized carbons (Fsp3) is 0.176. The number of hydrazone groups is 1. The van der Waals surface area contributed by atoms with Crippen molar-refractivity contribution >= 4 is 17.4 Å². The fourth-order valence-corrected chi connectivity index (χ4v) is 2.06. The molecule has 0 bridgehead atoms. The number of ether oxygens (including phenoxy) is 2. The van der Waals surface area contributed by atoms with Gasteiger partial charge in [-0.3, -0.25) is 5.43 Å². The van der Waals surface area contributed by atoms with Gasteiger partial charge in [-0.15, -0.1) is 0 Å². The van der Waals surface area contributed by atoms with E-state index in [1.807, 2.05) is 0 Å². The van der Waals surface area contributed by atoms with Crippen LogP contribution in [0.25, 0.3) is 0 Å². The normalized spacial score (nSPS) is 11.3. The number of carbonyl (C=O) groups is 1. The molecule has 0 heterocycles. The largest absolute Gasteiger partial charge is 0.493 e. The number of halogens is 2. The zero-order chi connectivity index (χ0) is 18.4. The molecule has 0 amide bonds. The Balaban J connectivity index is 2.24. The third-order valence-corrected chi connectivity index (χ3v) is 3.30. The van der Waals surface area contributed by atoms with Crippen LogP contribution in [0.2, 0.25) is 0 Å². The molecule has 0 aromatic heterocycles. The van der Waals surface area contributed by atoms with Crippen LogP contribution >= 0.6 is 0 Å². The quantitative estimate of drug-likeness (QED) is 0.586. The number of nitrogens with one attached hydrogen (secondary N) is 1. The van der Waals surface area contributed by atoms with Crippen LogP contribution in [0.4, 0.5) is 14.5 Å². The summed E-state index contributed by atoms with van der Waals surface area (Å²) < 4.78 is 34.1. The van der Waals surface area contributed by atoms with E-state index < -0.39 is 12.6 Å². The number of benzene rings is 2. The molecule has 0 atom stereocenters. The van der Waals surface area contributed by atoms with Crippen molar-refractivity contribution in [2.45, 2.75) is 13.5 Å². The molecule has 0 unspecified atom stereocenters. The first-order chi connectivity index (χ1) is 11.9. The number of anilines is 1. The van der Waals surface area contributed by atoms with Gasteiger partial charge in [0.2, 0.25) is 0 Å². The molecule has 0 aliphatic heterocycles. The van der Waals surface area contributed by atoms with Crippen LogP contribution in [-0.4, -0.2) is 30.5 Å². The number of hydrogen-bond acceptors (Lipinski definition) is 5. The van der Waals surface area contributed by atoms with E-state index in [0.717, 1.165) is 0 Å². The minimum Gasteiger partial charge on any atom is -0.493 e. The Morgan fingerprint density at radius 3 is 2.56 bits per heavy atom. The lowest BCUT2D eigenvalue weighted by Gasteiger charge is -2.11. The maximum absolute atomic E-state index is 12.3. The molecule has 2 aromatic rings. The van der Waals surface area contributed by atoms with Crippen LogP contribution in [0.1, 0.15) is 22.8 Å². The van der Waals surface area contributed by atoms with Crippen LogP contribution in [0.3, 0.4) is 0 Å². The van der Waals surface area contributed by atoms with Crippen LogP contribution in [0, 0.1) is 0 Å². The summed E-state index contributed by atoms with van der Waals surface area (Å²) in [7, 11) is 1.34. The van der Waals surface area contributed by atoms with E-state index in [-0.39, 0.29) is 17.1 Å². The second kappa shape index (κ2) is 8.09. The lowest BCUT2D eigenvalue weighted by atomic mass is 10.1. The second-order valence-electron chi connectivity index (χ2n) is 4.90. The Hall–Kier alpha value is -3.16. The molecule has 0 saturated heterocycles. The summed E-state index contributed by atoms with van der Waals surface area (Å²) in [6.45, 7) is -1.28. The highest BCUT2D eigenvalue weighted by Gasteiger charge is 2.12. The van der Waals surface area contributed by atoms with E-state index in [1.54, 1.807) is 31.2 Å². The van der Waals surface area contributed by atoms with Gasteiger partial charge in [-0.05, 0) is 37.3 Å². The smallest absolute Gasteiger partial charge is 0.387 e. The molecular weight excluding hydrogens is 334 g/mol. The van der Waals surface area contributed by atoms with Crippen molar-refractivity contribution < 1.29 is 28.2 Å². The second-order valence-corrected chi connectivity index (χ2v) is 4.90. The van der Waals surface area contributed by atoms with Gasteiger partial charge in [-0.25, -0.2) is 4.79 Å². The number of rotatable bonds is 7. The van der Waals surface area contributed by atoms with Crippen LogP contribution in [0.15, 0.2) is 47.6 Å². The highest BCUT2D eigenvalue weighted by molar-refractivity contribution is 6.00. The van der Waals surface area contributed by atoms with Gasteiger partial charge in [-0.1, -0.05) is 12.1 Å². The van der Waals surface area contributed by atoms with Gasteiger partial charge < -0.3 is 14.6 Å². The molecule has 0 aliphatic rings. The molecule has 2 aromatic carbocycles. The molecule has 0 saturated carbocycles. The summed E-state index contributed by atoms with van der Waals surface area (Å²) in [4.78, 5) is 11.2. The van der Waals surface area contributed by atoms with Gasteiger partial charge in [0.15, 0.2) is 11.5 Å². The number of aromatic carboxylic acids is 1. The molecule has 6 nitrogen and oxygen atoms in total. The molecule has 0 aliphatic carbocycles. The number of carboxylic acids is 1. The van der Waals surface area contributed by atoms with Gasteiger partial charge >= 0.3 is 12.6 Å². The highest BCUT2D eigenvalue weighted by atomic mass is 19.3. The molecule has 8 heteroatoms. The minimum atomic E-state index is -2.95. The van der Waals surface area contributed by atoms with Gasteiger partial charge in [-0.2, -0.15) is 13.9 Å². The average molecular weight is 350 g/mol. The number of methoxy groups -OCH3 is 1. The number of nitrogens with zero attached hydrogens (tertiary/aromatic N) is 1. The molecule has 2 rings (SSSR count). The maximum atomic E-state index is 12.3. The van der Waals surface area contributed by atoms with E-state index in [1.165, 1.54) is 25.3 Å². The average Bonchev–Trinajstić information content (AvgIpc) is 2.59. The first-order valence-electron chi connectivity index (χ1n) is 7.18. The Morgan fingerprint density at radius 1 is 1.20 bits per heavy atom. The number of alkyl halides is 2. The molecule has 25 heavy (non-hydrogen) atoms. The topological polar surface area (TPSA) is 80.2 Å². The lowest BCUT2D eigenvalue weighted by Crippen LogP contribution is -2.06. The number of hydrogen-bond donors (Lipinski definition) is 2. The summed E-state index contributed by atoms with van der Waals surface area (Å²) in [6, 6.07) is 10.7. The highest BCUT2D eigenvalue weighted by Crippen LogP contribution is 2.29. The van der Waals surface area contributed by atoms with Gasteiger partial charge in [0.1, 0.15) is 0 Å². The van der Waals surface area contributed by atoms with E-state index in [0.29, 0.717) is 17.0 Å². The molecule has 2 N–H and O–H groups in total. The summed E-state index contributed by atoms with van der Waals surface area (Å²) in [5.74, 6) is -1.03. The molecule has 0 fully saturated rings. The summed E-state index contributed by atoms with van der Waals surface area (Å²) in [5, 5.41) is 13.3. The van der Waals surface area contributed by atoms with Crippen molar-refractivity contribution in [3.05, 3.63) is 53.6 Å². The molecular formula is C17H16F2N2O4. The summed E-state index contributed by atoms with van der Waals surface area (Å²) in [6.07, 6.45) is 0. The third kappa shape index (κ3) is 4.66. The van der Waals surface area contributed by atoms with Crippen molar-refractivity contribution in [3.63, 3.8) is 0 Å². The maximum Gasteiger partial charge on any atom is 0.387 e. The van der Waals surface area contributed by atoms with Crippen molar-refractivity contribution in [1.29, 1.82) is 0 Å². The predicted molar refractivity (Wildman–Crippen MR) is 88.9 cm³/mol. The van der Waals surface area contributed by atoms with Crippen molar-refractivity contribution in [3.8, 4) is 11.5 Å². The SMILES string of the molecule is COc1cc(/C(C)=N/Nc2ccccc2C(=O)O)ccc1OC(F)F. The molecule has 0 radical (unpaired) electrons. The van der Waals surface area contributed by atoms with E-state index in [2.05, 4.69) is 15.3 Å². The number of carboxylic acid groups (broad SMARTS) is 1.